The summed E-state index contributed by atoms with van der Waals surface area (Å²) in [5, 5.41) is 14.3. The summed E-state index contributed by atoms with van der Waals surface area (Å²) in [6, 6.07) is 0. The Morgan fingerprint density at radius 3 is 2.83 bits per heavy atom. The molecular weight excluding hydrogens is 246 g/mol. The zero-order chi connectivity index (χ0) is 13.0. The van der Waals surface area contributed by atoms with Gasteiger partial charge in [0.1, 0.15) is 0 Å². The van der Waals surface area contributed by atoms with Gasteiger partial charge in [0.2, 0.25) is 0 Å². The second-order valence-corrected chi connectivity index (χ2v) is 6.26. The van der Waals surface area contributed by atoms with Gasteiger partial charge in [-0.05, 0) is 38.3 Å². The smallest absolute Gasteiger partial charge is 0.187 e. The molecule has 1 aromatic heterocycles. The monoisotopic (exact) mass is 267 g/mol. The Labute approximate surface area is 113 Å². The Balaban J connectivity index is 1.94. The fourth-order valence-corrected chi connectivity index (χ4v) is 3.67. The van der Waals surface area contributed by atoms with E-state index in [1.165, 1.54) is 0 Å². The van der Waals surface area contributed by atoms with E-state index in [4.69, 9.17) is 0 Å². The quantitative estimate of drug-likeness (QED) is 0.796. The topological polar surface area (TPSA) is 58.0 Å². The molecule has 1 saturated carbocycles. The maximum Gasteiger partial charge on any atom is 0.187 e. The third-order valence-corrected chi connectivity index (χ3v) is 4.60. The molecule has 0 aliphatic heterocycles. The van der Waals surface area contributed by atoms with Crippen LogP contribution in [0.2, 0.25) is 0 Å². The summed E-state index contributed by atoms with van der Waals surface area (Å²) in [4.78, 5) is 8.66. The van der Waals surface area contributed by atoms with E-state index < -0.39 is 0 Å². The first-order valence-corrected chi connectivity index (χ1v) is 7.36. The Morgan fingerprint density at radius 1 is 1.50 bits per heavy atom. The van der Waals surface area contributed by atoms with Gasteiger partial charge in [0, 0.05) is 23.2 Å². The lowest BCUT2D eigenvalue weighted by molar-refractivity contribution is 0.167. The van der Waals surface area contributed by atoms with Gasteiger partial charge in [0.15, 0.2) is 5.16 Å². The van der Waals surface area contributed by atoms with E-state index in [-0.39, 0.29) is 12.1 Å². The summed E-state index contributed by atoms with van der Waals surface area (Å²) >= 11 is 1.73. The minimum atomic E-state index is -0.0862. The number of thioether (sulfide) groups is 1. The molecule has 0 saturated heterocycles. The third kappa shape index (κ3) is 3.22. The van der Waals surface area contributed by atoms with Gasteiger partial charge in [-0.3, -0.25) is 0 Å². The molecule has 5 heteroatoms. The third-order valence-electron chi connectivity index (χ3n) is 3.45. The van der Waals surface area contributed by atoms with Crippen LogP contribution in [0, 0.1) is 6.92 Å². The molecule has 0 amide bonds. The average molecular weight is 267 g/mol. The van der Waals surface area contributed by atoms with Crippen LogP contribution in [0.5, 0.6) is 0 Å². The highest BCUT2D eigenvalue weighted by molar-refractivity contribution is 7.99. The second kappa shape index (κ2) is 5.99. The molecule has 2 atom stereocenters. The van der Waals surface area contributed by atoms with E-state index in [2.05, 4.69) is 22.2 Å². The number of hydrogen-bond acceptors (Lipinski definition) is 5. The van der Waals surface area contributed by atoms with Crippen LogP contribution in [0.25, 0.3) is 0 Å². The minimum absolute atomic E-state index is 0.0862. The van der Waals surface area contributed by atoms with Crippen LogP contribution in [0.4, 0.5) is 0 Å². The largest absolute Gasteiger partial charge is 0.394 e. The minimum Gasteiger partial charge on any atom is -0.394 e. The number of aliphatic hydroxyl groups excluding tert-OH is 1. The highest BCUT2D eigenvalue weighted by Gasteiger charge is 2.38. The summed E-state index contributed by atoms with van der Waals surface area (Å²) in [6.07, 6.45) is 6.83. The standard InChI is InChI=1S/C13H21N3OS/c1-3-16-13(9-17)5-4-11(6-13)18-12-14-7-10(2)8-15-12/h7-8,11,16-17H,3-6,9H2,1-2H3. The zero-order valence-electron chi connectivity index (χ0n) is 11.0. The van der Waals surface area contributed by atoms with Crippen molar-refractivity contribution in [2.24, 2.45) is 0 Å². The lowest BCUT2D eigenvalue weighted by Gasteiger charge is -2.27. The predicted molar refractivity (Wildman–Crippen MR) is 73.8 cm³/mol. The van der Waals surface area contributed by atoms with Gasteiger partial charge >= 0.3 is 0 Å². The highest BCUT2D eigenvalue weighted by Crippen LogP contribution is 2.38. The van der Waals surface area contributed by atoms with E-state index in [0.717, 1.165) is 36.5 Å². The van der Waals surface area contributed by atoms with Crippen LogP contribution in [0.15, 0.2) is 17.6 Å². The maximum atomic E-state index is 9.56. The Morgan fingerprint density at radius 2 is 2.22 bits per heavy atom. The number of aryl methyl sites for hydroxylation is 1. The molecule has 1 aliphatic carbocycles. The van der Waals surface area contributed by atoms with E-state index in [9.17, 15) is 5.11 Å². The van der Waals surface area contributed by atoms with E-state index in [1.807, 2.05) is 19.3 Å². The zero-order valence-corrected chi connectivity index (χ0v) is 11.8. The molecule has 2 unspecified atom stereocenters. The molecule has 1 aliphatic rings. The van der Waals surface area contributed by atoms with E-state index in [0.29, 0.717) is 5.25 Å². The molecule has 1 heterocycles. The van der Waals surface area contributed by atoms with Crippen LogP contribution < -0.4 is 5.32 Å². The molecule has 0 aromatic carbocycles. The van der Waals surface area contributed by atoms with Crippen molar-refractivity contribution in [2.75, 3.05) is 13.2 Å². The molecule has 2 N–H and O–H groups in total. The Hall–Kier alpha value is -0.650. The van der Waals surface area contributed by atoms with Gasteiger partial charge in [0.05, 0.1) is 6.61 Å². The molecule has 0 spiro atoms. The molecule has 0 bridgehead atoms. The van der Waals surface area contributed by atoms with Crippen molar-refractivity contribution in [3.63, 3.8) is 0 Å². The molecule has 18 heavy (non-hydrogen) atoms. The SMILES string of the molecule is CCNC1(CO)CCC(Sc2ncc(C)cn2)C1. The lowest BCUT2D eigenvalue weighted by atomic mass is 9.99. The molecular formula is C13H21N3OS. The summed E-state index contributed by atoms with van der Waals surface area (Å²) in [7, 11) is 0. The predicted octanol–water partition coefficient (Wildman–Crippen LogP) is 1.77. The van der Waals surface area contributed by atoms with Crippen molar-refractivity contribution in [3.8, 4) is 0 Å². The Bertz CT molecular complexity index is 384. The first-order chi connectivity index (χ1) is 8.67. The molecule has 2 rings (SSSR count). The van der Waals surface area contributed by atoms with Crippen molar-refractivity contribution >= 4 is 11.8 Å². The molecule has 1 fully saturated rings. The summed E-state index contributed by atoms with van der Waals surface area (Å²) in [6.45, 7) is 5.19. The first-order valence-electron chi connectivity index (χ1n) is 6.48. The van der Waals surface area contributed by atoms with Crippen LogP contribution in [0.3, 0.4) is 0 Å². The van der Waals surface area contributed by atoms with Crippen molar-refractivity contribution in [2.45, 2.75) is 49.1 Å². The average Bonchev–Trinajstić information content (AvgIpc) is 2.77. The number of nitrogens with one attached hydrogen (secondary N) is 1. The summed E-state index contributed by atoms with van der Waals surface area (Å²) < 4.78 is 0. The van der Waals surface area contributed by atoms with E-state index >= 15 is 0 Å². The lowest BCUT2D eigenvalue weighted by Crippen LogP contribution is -2.46. The fourth-order valence-electron chi connectivity index (χ4n) is 2.50. The number of aromatic nitrogens is 2. The van der Waals surface area contributed by atoms with Crippen LogP contribution in [-0.2, 0) is 0 Å². The molecule has 0 radical (unpaired) electrons. The first kappa shape index (κ1) is 13.8. The number of aliphatic hydroxyl groups is 1. The van der Waals surface area contributed by atoms with Crippen molar-refractivity contribution in [1.82, 2.24) is 15.3 Å². The van der Waals surface area contributed by atoms with Gasteiger partial charge in [-0.2, -0.15) is 0 Å². The highest BCUT2D eigenvalue weighted by atomic mass is 32.2. The number of nitrogens with zero attached hydrogens (tertiary/aromatic N) is 2. The fraction of sp³-hybridized carbons (Fsp3) is 0.692. The second-order valence-electron chi connectivity index (χ2n) is 4.99. The van der Waals surface area contributed by atoms with Gasteiger partial charge in [0.25, 0.3) is 0 Å². The molecule has 1 aromatic rings. The molecule has 4 nitrogen and oxygen atoms in total. The van der Waals surface area contributed by atoms with E-state index in [1.54, 1.807) is 11.8 Å². The van der Waals surface area contributed by atoms with Crippen molar-refractivity contribution in [3.05, 3.63) is 18.0 Å². The summed E-state index contributed by atoms with van der Waals surface area (Å²) in [5.74, 6) is 0. The van der Waals surface area contributed by atoms with Gasteiger partial charge in [-0.25, -0.2) is 9.97 Å². The van der Waals surface area contributed by atoms with Gasteiger partial charge in [-0.1, -0.05) is 18.7 Å². The summed E-state index contributed by atoms with van der Waals surface area (Å²) in [5.41, 5.74) is 1.00. The number of likely N-dealkylation sites (N-methyl/N-ethyl adjacent to an activating group) is 1. The van der Waals surface area contributed by atoms with Gasteiger partial charge < -0.3 is 10.4 Å². The van der Waals surface area contributed by atoms with Crippen LogP contribution in [-0.4, -0.2) is 39.0 Å². The van der Waals surface area contributed by atoms with Crippen molar-refractivity contribution in [1.29, 1.82) is 0 Å². The maximum absolute atomic E-state index is 9.56. The normalized spacial score (nSPS) is 27.6. The Kier molecular flexibility index (Phi) is 4.59. The number of hydrogen-bond donors (Lipinski definition) is 2. The van der Waals surface area contributed by atoms with Crippen LogP contribution in [0.1, 0.15) is 31.7 Å². The van der Waals surface area contributed by atoms with Crippen molar-refractivity contribution < 1.29 is 5.11 Å². The number of rotatable bonds is 5. The van der Waals surface area contributed by atoms with Gasteiger partial charge in [-0.15, -0.1) is 0 Å². The van der Waals surface area contributed by atoms with Crippen LogP contribution >= 0.6 is 11.8 Å². The molecule has 100 valence electrons.